The Hall–Kier alpha value is -6.35. The van der Waals surface area contributed by atoms with Crippen molar-refractivity contribution in [3.8, 4) is 46.9 Å². The molecule has 2 unspecified atom stereocenters. The number of ether oxygens (including phenoxy) is 6. The van der Waals surface area contributed by atoms with Crippen LogP contribution in [0.3, 0.4) is 0 Å². The molecule has 0 aliphatic heterocycles. The molecule has 15 nitrogen and oxygen atoms in total. The summed E-state index contributed by atoms with van der Waals surface area (Å²) in [6.45, 7) is 14.2. The van der Waals surface area contributed by atoms with Gasteiger partial charge in [0.1, 0.15) is 11.5 Å². The molecule has 0 saturated heterocycles. The van der Waals surface area contributed by atoms with Crippen LogP contribution >= 0.6 is 0 Å². The van der Waals surface area contributed by atoms with Crippen molar-refractivity contribution in [3.05, 3.63) is 71.0 Å². The van der Waals surface area contributed by atoms with Crippen molar-refractivity contribution in [1.29, 1.82) is 10.5 Å². The number of hydrogen-bond donors (Lipinski definition) is 0. The van der Waals surface area contributed by atoms with Crippen molar-refractivity contribution in [2.45, 2.75) is 80.3 Å². The maximum atomic E-state index is 13.9. The molecule has 0 aliphatic carbocycles. The second kappa shape index (κ2) is 16.5. The van der Waals surface area contributed by atoms with E-state index in [1.807, 2.05) is 13.8 Å². The number of nitriles is 2. The maximum absolute atomic E-state index is 13.9. The number of nitrogens with zero attached hydrogens (tertiary/aromatic N) is 6. The molecule has 0 fully saturated rings. The lowest BCUT2D eigenvalue weighted by molar-refractivity contribution is -0.154. The summed E-state index contributed by atoms with van der Waals surface area (Å²) in [5, 5.41) is 27.3. The summed E-state index contributed by atoms with van der Waals surface area (Å²) in [7, 11) is 2.80. The van der Waals surface area contributed by atoms with Crippen LogP contribution < -0.4 is 18.9 Å². The third kappa shape index (κ3) is 8.81. The van der Waals surface area contributed by atoms with Gasteiger partial charge in [-0.05, 0) is 72.2 Å². The van der Waals surface area contributed by atoms with E-state index in [4.69, 9.17) is 38.9 Å². The first-order valence-electron chi connectivity index (χ1n) is 17.1. The first kappa shape index (κ1) is 40.4. The average Bonchev–Trinajstić information content (AvgIpc) is 3.63. The van der Waals surface area contributed by atoms with Gasteiger partial charge in [0.15, 0.2) is 12.1 Å². The van der Waals surface area contributed by atoms with Gasteiger partial charge in [0.25, 0.3) is 11.8 Å². The van der Waals surface area contributed by atoms with Crippen molar-refractivity contribution in [3.63, 3.8) is 0 Å². The molecule has 4 aromatic rings. The number of esters is 2. The van der Waals surface area contributed by atoms with Crippen molar-refractivity contribution in [2.75, 3.05) is 14.2 Å². The molecule has 15 heteroatoms. The van der Waals surface area contributed by atoms with Crippen molar-refractivity contribution >= 4 is 18.1 Å². The van der Waals surface area contributed by atoms with Gasteiger partial charge < -0.3 is 28.4 Å². The summed E-state index contributed by atoms with van der Waals surface area (Å²) in [5.74, 6) is -0.637. The van der Waals surface area contributed by atoms with Crippen LogP contribution in [0.1, 0.15) is 90.0 Å². The molecule has 284 valence electrons. The Kier molecular flexibility index (Phi) is 12.4. The largest absolute Gasteiger partial charge is 0.524 e. The van der Waals surface area contributed by atoms with Crippen molar-refractivity contribution < 1.29 is 42.8 Å². The summed E-state index contributed by atoms with van der Waals surface area (Å²) in [4.78, 5) is 41.0. The molecule has 0 amide bonds. The standard InChI is InChI=1S/C39H44N6O9/c1-11-27-29(51-25-17-13-23(21-40)14-18-25)33(49-9)42-44(27)31(38(3,4)5)35(46)53-37(48)54-36(47)32(39(6,7)8)45-28(12-2)30(34(43-45)50-10)52-26-19-15-24(22-41)16-20-26/h13-20,31-32H,11-12H2,1-10H3. The van der Waals surface area contributed by atoms with Crippen LogP contribution in [0.4, 0.5) is 4.79 Å². The van der Waals surface area contributed by atoms with E-state index in [0.717, 1.165) is 0 Å². The fourth-order valence-electron chi connectivity index (χ4n) is 5.77. The lowest BCUT2D eigenvalue weighted by Crippen LogP contribution is -2.38. The fraction of sp³-hybridized carbons (Fsp3) is 0.410. The Morgan fingerprint density at radius 3 is 1.24 bits per heavy atom. The van der Waals surface area contributed by atoms with Gasteiger partial charge in [-0.3, -0.25) is 0 Å². The van der Waals surface area contributed by atoms with E-state index in [1.54, 1.807) is 90.1 Å². The first-order valence-corrected chi connectivity index (χ1v) is 17.1. The van der Waals surface area contributed by atoms with Gasteiger partial charge in [0.2, 0.25) is 11.5 Å². The number of hydrogen-bond acceptors (Lipinski definition) is 13. The van der Waals surface area contributed by atoms with Gasteiger partial charge in [-0.2, -0.15) is 10.5 Å². The number of carbonyl (C=O) groups is 3. The van der Waals surface area contributed by atoms with Crippen LogP contribution in [-0.4, -0.2) is 51.9 Å². The fourth-order valence-corrected chi connectivity index (χ4v) is 5.77. The van der Waals surface area contributed by atoms with Crippen LogP contribution in [0.5, 0.6) is 34.8 Å². The molecular weight excluding hydrogens is 696 g/mol. The van der Waals surface area contributed by atoms with Gasteiger partial charge in [-0.1, -0.05) is 55.4 Å². The zero-order valence-electron chi connectivity index (χ0n) is 32.0. The Morgan fingerprint density at radius 1 is 0.648 bits per heavy atom. The molecule has 2 aromatic heterocycles. The lowest BCUT2D eigenvalue weighted by atomic mass is 9.86. The molecule has 54 heavy (non-hydrogen) atoms. The summed E-state index contributed by atoms with van der Waals surface area (Å²) in [5.41, 5.74) is 0.0606. The maximum Gasteiger partial charge on any atom is 0.524 e. The summed E-state index contributed by atoms with van der Waals surface area (Å²) in [6, 6.07) is 14.6. The highest BCUT2D eigenvalue weighted by molar-refractivity contribution is 5.91. The monoisotopic (exact) mass is 740 g/mol. The second-order valence-electron chi connectivity index (χ2n) is 14.3. The SMILES string of the molecule is CCc1c(Oc2ccc(C#N)cc2)c(OC)nn1C(C(=O)OC(=O)OC(=O)C(n1nc(OC)c(Oc2ccc(C#N)cc2)c1CC)C(C)(C)C)C(C)(C)C. The molecule has 2 heterocycles. The molecule has 0 radical (unpaired) electrons. The molecule has 2 atom stereocenters. The predicted octanol–water partition coefficient (Wildman–Crippen LogP) is 7.63. The minimum atomic E-state index is -1.54. The third-order valence-electron chi connectivity index (χ3n) is 8.27. The zero-order valence-corrected chi connectivity index (χ0v) is 32.0. The number of carbonyl (C=O) groups excluding carboxylic acids is 3. The highest BCUT2D eigenvalue weighted by Gasteiger charge is 2.43. The van der Waals surface area contributed by atoms with Gasteiger partial charge in [0.05, 0.1) is 48.9 Å². The van der Waals surface area contributed by atoms with E-state index in [2.05, 4.69) is 22.3 Å². The smallest absolute Gasteiger partial charge is 0.477 e. The number of benzene rings is 2. The van der Waals surface area contributed by atoms with E-state index >= 15 is 0 Å². The summed E-state index contributed by atoms with van der Waals surface area (Å²) >= 11 is 0. The normalized spacial score (nSPS) is 12.4. The quantitative estimate of drug-likeness (QED) is 0.102. The van der Waals surface area contributed by atoms with E-state index in [0.29, 0.717) is 46.9 Å². The van der Waals surface area contributed by atoms with Crippen LogP contribution in [0, 0.1) is 33.5 Å². The predicted molar refractivity (Wildman–Crippen MR) is 193 cm³/mol. The first-order chi connectivity index (χ1) is 25.5. The van der Waals surface area contributed by atoms with Crippen LogP contribution in [-0.2, 0) is 31.9 Å². The van der Waals surface area contributed by atoms with E-state index in [9.17, 15) is 14.4 Å². The molecule has 0 spiro atoms. The molecule has 0 aliphatic rings. The second-order valence-corrected chi connectivity index (χ2v) is 14.3. The van der Waals surface area contributed by atoms with Crippen LogP contribution in [0.2, 0.25) is 0 Å². The number of rotatable bonds is 12. The minimum Gasteiger partial charge on any atom is -0.477 e. The van der Waals surface area contributed by atoms with Gasteiger partial charge in [0, 0.05) is 0 Å². The van der Waals surface area contributed by atoms with Crippen LogP contribution in [0.15, 0.2) is 48.5 Å². The number of methoxy groups -OCH3 is 2. The lowest BCUT2D eigenvalue weighted by Gasteiger charge is -2.30. The van der Waals surface area contributed by atoms with Gasteiger partial charge in [-0.25, -0.2) is 23.7 Å². The van der Waals surface area contributed by atoms with Crippen LogP contribution in [0.25, 0.3) is 0 Å². The van der Waals surface area contributed by atoms with E-state index < -0.39 is 41.0 Å². The number of aromatic nitrogens is 4. The summed E-state index contributed by atoms with van der Waals surface area (Å²) < 4.78 is 36.4. The Balaban J connectivity index is 1.63. The molecule has 2 aromatic carbocycles. The molecule has 0 N–H and O–H groups in total. The minimum absolute atomic E-state index is 0.0768. The van der Waals surface area contributed by atoms with Gasteiger partial charge in [-0.15, -0.1) is 10.2 Å². The highest BCUT2D eigenvalue weighted by Crippen LogP contribution is 2.43. The van der Waals surface area contributed by atoms with E-state index in [1.165, 1.54) is 23.6 Å². The van der Waals surface area contributed by atoms with Crippen molar-refractivity contribution in [1.82, 2.24) is 19.6 Å². The van der Waals surface area contributed by atoms with Crippen molar-refractivity contribution in [2.24, 2.45) is 10.8 Å². The van der Waals surface area contributed by atoms with Gasteiger partial charge >= 0.3 is 18.1 Å². The van der Waals surface area contributed by atoms with E-state index in [-0.39, 0.29) is 23.3 Å². The Morgan fingerprint density at radius 2 is 0.981 bits per heavy atom. The third-order valence-corrected chi connectivity index (χ3v) is 8.27. The molecule has 4 rings (SSSR count). The Labute approximate surface area is 313 Å². The highest BCUT2D eigenvalue weighted by atomic mass is 16.8. The molecule has 0 saturated carbocycles. The zero-order chi connectivity index (χ0) is 40.0. The average molecular weight is 741 g/mol. The summed E-state index contributed by atoms with van der Waals surface area (Å²) in [6.07, 6.45) is -0.866. The Bertz CT molecular complexity index is 1930. The topological polar surface area (TPSA) is 190 Å². The molecule has 0 bridgehead atoms. The molecular formula is C39H44N6O9.